The Morgan fingerprint density at radius 2 is 2.14 bits per heavy atom. The Kier molecular flexibility index (Phi) is 5.89. The first-order chi connectivity index (χ1) is 14.0. The monoisotopic (exact) mass is 435 g/mol. The van der Waals surface area contributed by atoms with Crippen LogP contribution in [-0.4, -0.2) is 39.3 Å². The second-order valence-corrected chi connectivity index (χ2v) is 8.26. The van der Waals surface area contributed by atoms with Crippen molar-refractivity contribution >= 4 is 44.2 Å². The Labute approximate surface area is 177 Å². The van der Waals surface area contributed by atoms with Gasteiger partial charge in [-0.25, -0.2) is 15.0 Å². The molecule has 1 aliphatic rings. The standard InChI is InChI=1S/C19H22ClN5O3S/c1-27-14-8-13(28-9-10-6-7-22-18(21)23-10)15(20)17-16(14)25-19(29-17)24-11-4-2-3-5-12(11)26/h6-8,11-12,26H,2-5,9H2,1H3,(H,24,25)(H2,21,22,23)/t11?,12-/m0/s1. The smallest absolute Gasteiger partial charge is 0.220 e. The SMILES string of the molecule is COc1cc(OCc2ccnc(N)n2)c(Cl)c2sc(NC3CCCC[C@@H]3O)nc12. The number of aliphatic hydroxyl groups is 1. The molecule has 154 valence electrons. The normalized spacial score (nSPS) is 19.3. The summed E-state index contributed by atoms with van der Waals surface area (Å²) in [6.45, 7) is 0.194. The summed E-state index contributed by atoms with van der Waals surface area (Å²) < 4.78 is 12.1. The molecule has 1 saturated carbocycles. The van der Waals surface area contributed by atoms with Gasteiger partial charge >= 0.3 is 0 Å². The third-order valence-corrected chi connectivity index (χ3v) is 6.40. The predicted octanol–water partition coefficient (Wildman–Crippen LogP) is 3.62. The van der Waals surface area contributed by atoms with Gasteiger partial charge in [0.2, 0.25) is 5.95 Å². The number of nitrogens with one attached hydrogen (secondary N) is 1. The van der Waals surface area contributed by atoms with Crippen molar-refractivity contribution in [1.29, 1.82) is 0 Å². The van der Waals surface area contributed by atoms with Gasteiger partial charge in [-0.05, 0) is 18.9 Å². The minimum absolute atomic E-state index is 0.00646. The summed E-state index contributed by atoms with van der Waals surface area (Å²) in [7, 11) is 1.58. The van der Waals surface area contributed by atoms with Crippen molar-refractivity contribution in [2.45, 2.75) is 44.4 Å². The van der Waals surface area contributed by atoms with Crippen LogP contribution in [0.5, 0.6) is 11.5 Å². The summed E-state index contributed by atoms with van der Waals surface area (Å²) in [5, 5.41) is 14.7. The second-order valence-electron chi connectivity index (χ2n) is 6.89. The first-order valence-corrected chi connectivity index (χ1v) is 10.6. The van der Waals surface area contributed by atoms with Gasteiger partial charge in [-0.3, -0.25) is 0 Å². The highest BCUT2D eigenvalue weighted by molar-refractivity contribution is 7.22. The van der Waals surface area contributed by atoms with E-state index in [0.29, 0.717) is 32.9 Å². The molecular formula is C19H22ClN5O3S. The fourth-order valence-corrected chi connectivity index (χ4v) is 4.69. The van der Waals surface area contributed by atoms with Crippen LogP contribution < -0.4 is 20.5 Å². The van der Waals surface area contributed by atoms with Crippen LogP contribution in [0.1, 0.15) is 31.4 Å². The van der Waals surface area contributed by atoms with E-state index in [4.69, 9.17) is 26.8 Å². The molecule has 29 heavy (non-hydrogen) atoms. The minimum atomic E-state index is -0.368. The second kappa shape index (κ2) is 8.56. The zero-order valence-electron chi connectivity index (χ0n) is 15.9. The highest BCUT2D eigenvalue weighted by Crippen LogP contribution is 2.43. The van der Waals surface area contributed by atoms with Gasteiger partial charge in [-0.1, -0.05) is 35.8 Å². The molecule has 0 spiro atoms. The van der Waals surface area contributed by atoms with Crippen LogP contribution in [0.15, 0.2) is 18.3 Å². The molecule has 8 nitrogen and oxygen atoms in total. The molecule has 1 aromatic carbocycles. The molecule has 0 radical (unpaired) electrons. The third kappa shape index (κ3) is 4.31. The maximum Gasteiger partial charge on any atom is 0.220 e. The van der Waals surface area contributed by atoms with Crippen LogP contribution in [0, 0.1) is 0 Å². The van der Waals surface area contributed by atoms with E-state index in [-0.39, 0.29) is 24.7 Å². The molecule has 2 heterocycles. The number of methoxy groups -OCH3 is 1. The lowest BCUT2D eigenvalue weighted by Gasteiger charge is -2.27. The molecule has 1 aliphatic carbocycles. The fourth-order valence-electron chi connectivity index (χ4n) is 3.40. The molecular weight excluding hydrogens is 414 g/mol. The molecule has 2 aromatic heterocycles. The summed E-state index contributed by atoms with van der Waals surface area (Å²) in [6, 6.07) is 3.44. The van der Waals surface area contributed by atoms with Crippen molar-refractivity contribution in [3.8, 4) is 11.5 Å². The van der Waals surface area contributed by atoms with Crippen LogP contribution >= 0.6 is 22.9 Å². The third-order valence-electron chi connectivity index (χ3n) is 4.90. The van der Waals surface area contributed by atoms with Gasteiger partial charge in [0.25, 0.3) is 0 Å². The average molecular weight is 436 g/mol. The van der Waals surface area contributed by atoms with Gasteiger partial charge in [0.05, 0.1) is 29.6 Å². The van der Waals surface area contributed by atoms with E-state index in [1.807, 2.05) is 0 Å². The first kappa shape index (κ1) is 19.9. The molecule has 0 bridgehead atoms. The van der Waals surface area contributed by atoms with Crippen molar-refractivity contribution in [3.63, 3.8) is 0 Å². The van der Waals surface area contributed by atoms with Crippen LogP contribution in [0.3, 0.4) is 0 Å². The highest BCUT2D eigenvalue weighted by atomic mass is 35.5. The summed E-state index contributed by atoms with van der Waals surface area (Å²) in [5.74, 6) is 1.23. The van der Waals surface area contributed by atoms with E-state index < -0.39 is 0 Å². The predicted molar refractivity (Wildman–Crippen MR) is 114 cm³/mol. The Morgan fingerprint density at radius 3 is 2.90 bits per heavy atom. The summed E-state index contributed by atoms with van der Waals surface area (Å²) >= 11 is 8.02. The Balaban J connectivity index is 1.60. The number of rotatable bonds is 6. The van der Waals surface area contributed by atoms with Crippen molar-refractivity contribution in [3.05, 3.63) is 29.0 Å². The number of benzene rings is 1. The van der Waals surface area contributed by atoms with Gasteiger partial charge in [0.15, 0.2) is 5.13 Å². The fraction of sp³-hybridized carbons (Fsp3) is 0.421. The van der Waals surface area contributed by atoms with Crippen LogP contribution in [0.2, 0.25) is 5.02 Å². The number of anilines is 2. The molecule has 0 saturated heterocycles. The van der Waals surface area contributed by atoms with Crippen molar-refractivity contribution in [1.82, 2.24) is 15.0 Å². The first-order valence-electron chi connectivity index (χ1n) is 9.37. The number of nitrogen functional groups attached to an aromatic ring is 1. The van der Waals surface area contributed by atoms with E-state index in [1.165, 1.54) is 11.3 Å². The van der Waals surface area contributed by atoms with Crippen molar-refractivity contribution < 1.29 is 14.6 Å². The minimum Gasteiger partial charge on any atom is -0.494 e. The number of nitrogens with zero attached hydrogens (tertiary/aromatic N) is 3. The number of halogens is 1. The number of ether oxygens (including phenoxy) is 2. The molecule has 1 unspecified atom stereocenters. The van der Waals surface area contributed by atoms with Gasteiger partial charge in [-0.2, -0.15) is 0 Å². The molecule has 0 amide bonds. The summed E-state index contributed by atoms with van der Waals surface area (Å²) in [4.78, 5) is 12.6. The number of aliphatic hydroxyl groups excluding tert-OH is 1. The number of nitrogens with two attached hydrogens (primary N) is 1. The van der Waals surface area contributed by atoms with E-state index in [2.05, 4.69) is 20.3 Å². The Bertz CT molecular complexity index is 1010. The van der Waals surface area contributed by atoms with Gasteiger partial charge in [0, 0.05) is 12.3 Å². The number of aromatic nitrogens is 3. The lowest BCUT2D eigenvalue weighted by Crippen LogP contribution is -2.36. The number of fused-ring (bicyclic) bond motifs is 1. The summed E-state index contributed by atoms with van der Waals surface area (Å²) in [6.07, 6.45) is 5.07. The maximum atomic E-state index is 10.2. The van der Waals surface area contributed by atoms with Crippen LogP contribution in [0.25, 0.3) is 10.2 Å². The Morgan fingerprint density at radius 1 is 1.31 bits per heavy atom. The highest BCUT2D eigenvalue weighted by Gasteiger charge is 2.25. The zero-order valence-corrected chi connectivity index (χ0v) is 17.5. The van der Waals surface area contributed by atoms with Gasteiger partial charge in [0.1, 0.15) is 28.6 Å². The van der Waals surface area contributed by atoms with Crippen LogP contribution in [0.4, 0.5) is 11.1 Å². The molecule has 0 aliphatic heterocycles. The molecule has 10 heteroatoms. The molecule has 4 N–H and O–H groups in total. The van der Waals surface area contributed by atoms with Crippen LogP contribution in [-0.2, 0) is 6.61 Å². The van der Waals surface area contributed by atoms with Crippen molar-refractivity contribution in [2.75, 3.05) is 18.2 Å². The molecule has 1 fully saturated rings. The number of thiazole rings is 1. The number of hydrogen-bond acceptors (Lipinski definition) is 9. The maximum absolute atomic E-state index is 10.2. The molecule has 4 rings (SSSR count). The summed E-state index contributed by atoms with van der Waals surface area (Å²) in [5.41, 5.74) is 6.92. The Hall–Kier alpha value is -2.36. The van der Waals surface area contributed by atoms with E-state index in [9.17, 15) is 5.11 Å². The molecule has 2 atom stereocenters. The largest absolute Gasteiger partial charge is 0.494 e. The quantitative estimate of drug-likeness (QED) is 0.537. The van der Waals surface area contributed by atoms with Gasteiger partial charge in [-0.15, -0.1) is 0 Å². The zero-order chi connectivity index (χ0) is 20.4. The van der Waals surface area contributed by atoms with E-state index >= 15 is 0 Å². The topological polar surface area (TPSA) is 115 Å². The molecule has 3 aromatic rings. The van der Waals surface area contributed by atoms with E-state index in [1.54, 1.807) is 25.4 Å². The lowest BCUT2D eigenvalue weighted by molar-refractivity contribution is 0.116. The van der Waals surface area contributed by atoms with E-state index in [0.717, 1.165) is 30.4 Å². The van der Waals surface area contributed by atoms with Crippen molar-refractivity contribution in [2.24, 2.45) is 0 Å². The average Bonchev–Trinajstić information content (AvgIpc) is 3.14. The lowest BCUT2D eigenvalue weighted by atomic mass is 9.93. The van der Waals surface area contributed by atoms with Gasteiger partial charge < -0.3 is 25.6 Å². The number of hydrogen-bond donors (Lipinski definition) is 3.